The largest absolute Gasteiger partial charge is 0.503 e. The van der Waals surface area contributed by atoms with Crippen molar-refractivity contribution >= 4 is 11.5 Å². The van der Waals surface area contributed by atoms with Crippen molar-refractivity contribution < 1.29 is 23.7 Å². The number of rotatable bonds is 8. The van der Waals surface area contributed by atoms with Gasteiger partial charge in [0.25, 0.3) is 0 Å². The van der Waals surface area contributed by atoms with Crippen LogP contribution in [0.1, 0.15) is 16.7 Å². The first-order chi connectivity index (χ1) is 14.2. The molecule has 1 saturated heterocycles. The number of morpholine rings is 1. The number of methoxy groups -OCH3 is 2. The minimum absolute atomic E-state index is 0.330. The first kappa shape index (κ1) is 20.9. The summed E-state index contributed by atoms with van der Waals surface area (Å²) in [4.78, 5) is 14.5. The molecule has 154 valence electrons. The number of benzene rings is 2. The summed E-state index contributed by atoms with van der Waals surface area (Å²) in [6.07, 6.45) is 1.39. The second-order valence-corrected chi connectivity index (χ2v) is 6.74. The van der Waals surface area contributed by atoms with Gasteiger partial charge in [0.2, 0.25) is 0 Å². The number of hydrogen-bond donors (Lipinski definition) is 0. The Bertz CT molecular complexity index is 825. The molecule has 2 aromatic rings. The van der Waals surface area contributed by atoms with Crippen molar-refractivity contribution in [1.29, 1.82) is 0 Å². The zero-order valence-electron chi connectivity index (χ0n) is 16.9. The molecule has 0 radical (unpaired) electrons. The number of carbonyl (C=O) groups is 1. The Balaban J connectivity index is 1.65. The third kappa shape index (κ3) is 5.82. The molecule has 6 heteroatoms. The molecule has 29 heavy (non-hydrogen) atoms. The van der Waals surface area contributed by atoms with E-state index < -0.39 is 5.97 Å². The number of esters is 1. The summed E-state index contributed by atoms with van der Waals surface area (Å²) in [5.41, 5.74) is 3.20. The molecule has 0 bridgehead atoms. The molecule has 3 rings (SSSR count). The fraction of sp³-hybridized carbons (Fsp3) is 0.348. The molecule has 0 amide bonds. The van der Waals surface area contributed by atoms with Crippen molar-refractivity contribution in [3.8, 4) is 5.75 Å². The van der Waals surface area contributed by atoms with Gasteiger partial charge in [-0.3, -0.25) is 4.90 Å². The van der Waals surface area contributed by atoms with Gasteiger partial charge in [-0.15, -0.1) is 0 Å². The quantitative estimate of drug-likeness (QED) is 0.387. The van der Waals surface area contributed by atoms with Crippen LogP contribution in [0, 0.1) is 0 Å². The molecular formula is C23H27NO5. The van der Waals surface area contributed by atoms with Gasteiger partial charge in [0.15, 0.2) is 0 Å². The molecule has 0 aromatic heterocycles. The molecule has 0 spiro atoms. The van der Waals surface area contributed by atoms with Crippen LogP contribution >= 0.6 is 0 Å². The molecule has 6 nitrogen and oxygen atoms in total. The molecule has 1 aliphatic heterocycles. The Morgan fingerprint density at radius 1 is 1.07 bits per heavy atom. The van der Waals surface area contributed by atoms with Gasteiger partial charge in [-0.2, -0.15) is 0 Å². The van der Waals surface area contributed by atoms with Gasteiger partial charge < -0.3 is 18.9 Å². The van der Waals surface area contributed by atoms with Crippen LogP contribution in [0.3, 0.4) is 0 Å². The van der Waals surface area contributed by atoms with Gasteiger partial charge in [0.1, 0.15) is 17.9 Å². The number of carbonyl (C=O) groups excluding carboxylic acids is 1. The molecule has 0 atom stereocenters. The first-order valence-electron chi connectivity index (χ1n) is 9.62. The predicted octanol–water partition coefficient (Wildman–Crippen LogP) is 3.26. The highest BCUT2D eigenvalue weighted by molar-refractivity contribution is 6.16. The molecule has 0 unspecified atom stereocenters. The maximum Gasteiger partial charge on any atom is 0.341 e. The molecule has 0 aliphatic carbocycles. The van der Waals surface area contributed by atoms with Crippen LogP contribution in [0.15, 0.2) is 54.8 Å². The van der Waals surface area contributed by atoms with E-state index in [2.05, 4.69) is 17.0 Å². The van der Waals surface area contributed by atoms with Gasteiger partial charge in [0.05, 0.1) is 33.7 Å². The summed E-state index contributed by atoms with van der Waals surface area (Å²) in [5, 5.41) is 0. The Labute approximate surface area is 171 Å². The van der Waals surface area contributed by atoms with Crippen molar-refractivity contribution in [3.05, 3.63) is 71.5 Å². The van der Waals surface area contributed by atoms with Crippen LogP contribution in [0.25, 0.3) is 5.57 Å². The minimum Gasteiger partial charge on any atom is -0.503 e. The number of ether oxygens (including phenoxy) is 4. The van der Waals surface area contributed by atoms with Gasteiger partial charge in [-0.1, -0.05) is 36.4 Å². The third-order valence-corrected chi connectivity index (χ3v) is 4.78. The lowest BCUT2D eigenvalue weighted by Crippen LogP contribution is -2.35. The smallest absolute Gasteiger partial charge is 0.341 e. The second kappa shape index (κ2) is 10.6. The van der Waals surface area contributed by atoms with Gasteiger partial charge in [0, 0.05) is 19.6 Å². The average Bonchev–Trinajstić information content (AvgIpc) is 2.77. The van der Waals surface area contributed by atoms with E-state index in [1.807, 2.05) is 36.4 Å². The van der Waals surface area contributed by atoms with E-state index in [1.54, 1.807) is 0 Å². The van der Waals surface area contributed by atoms with Crippen LogP contribution in [0.2, 0.25) is 0 Å². The fourth-order valence-corrected chi connectivity index (χ4v) is 3.23. The minimum atomic E-state index is -0.452. The van der Waals surface area contributed by atoms with Crippen LogP contribution in [-0.4, -0.2) is 51.4 Å². The fourth-order valence-electron chi connectivity index (χ4n) is 3.23. The molecule has 1 heterocycles. The number of nitrogens with zero attached hydrogens (tertiary/aromatic N) is 1. The van der Waals surface area contributed by atoms with Crippen LogP contribution < -0.4 is 4.74 Å². The number of hydrogen-bond acceptors (Lipinski definition) is 6. The van der Waals surface area contributed by atoms with Crippen LogP contribution in [0.4, 0.5) is 0 Å². The standard InChI is InChI=1S/C23H27NO5/c1-26-17-22(23(25)27-2)21-6-4-3-5-19(21)16-29-20-9-7-18(8-10-20)15-24-11-13-28-14-12-24/h3-10,17H,11-16H2,1-2H3/b22-17+. The summed E-state index contributed by atoms with van der Waals surface area (Å²) in [5.74, 6) is 0.327. The molecule has 1 aliphatic rings. The van der Waals surface area contributed by atoms with Crippen LogP contribution in [-0.2, 0) is 32.2 Å². The predicted molar refractivity (Wildman–Crippen MR) is 110 cm³/mol. The van der Waals surface area contributed by atoms with Crippen molar-refractivity contribution in [2.24, 2.45) is 0 Å². The average molecular weight is 397 g/mol. The third-order valence-electron chi connectivity index (χ3n) is 4.78. The topological polar surface area (TPSA) is 57.2 Å². The molecule has 1 fully saturated rings. The SMILES string of the molecule is CO/C=C(/C(=O)OC)c1ccccc1COc1ccc(CN2CCOCC2)cc1. The van der Waals surface area contributed by atoms with E-state index >= 15 is 0 Å². The van der Waals surface area contributed by atoms with Crippen LogP contribution in [0.5, 0.6) is 5.75 Å². The summed E-state index contributed by atoms with van der Waals surface area (Å²) in [6, 6.07) is 15.7. The molecule has 0 saturated carbocycles. The van der Waals surface area contributed by atoms with Gasteiger partial charge in [-0.25, -0.2) is 4.79 Å². The first-order valence-corrected chi connectivity index (χ1v) is 9.62. The zero-order chi connectivity index (χ0) is 20.5. The highest BCUT2D eigenvalue weighted by Gasteiger charge is 2.17. The van der Waals surface area contributed by atoms with E-state index in [9.17, 15) is 4.79 Å². The van der Waals surface area contributed by atoms with E-state index in [0.29, 0.717) is 12.2 Å². The summed E-state index contributed by atoms with van der Waals surface area (Å²) in [7, 11) is 2.85. The highest BCUT2D eigenvalue weighted by atomic mass is 16.5. The lowest BCUT2D eigenvalue weighted by molar-refractivity contribution is -0.133. The Morgan fingerprint density at radius 2 is 1.79 bits per heavy atom. The van der Waals surface area contributed by atoms with E-state index in [-0.39, 0.29) is 0 Å². The maximum absolute atomic E-state index is 12.1. The van der Waals surface area contributed by atoms with Gasteiger partial charge in [-0.05, 0) is 28.8 Å². The van der Waals surface area contributed by atoms with Crippen molar-refractivity contribution in [2.75, 3.05) is 40.5 Å². The monoisotopic (exact) mass is 397 g/mol. The van der Waals surface area contributed by atoms with E-state index in [4.69, 9.17) is 18.9 Å². The highest BCUT2D eigenvalue weighted by Crippen LogP contribution is 2.23. The molecule has 0 N–H and O–H groups in total. The lowest BCUT2D eigenvalue weighted by atomic mass is 10.0. The second-order valence-electron chi connectivity index (χ2n) is 6.74. The summed E-state index contributed by atoms with van der Waals surface area (Å²) >= 11 is 0. The van der Waals surface area contributed by atoms with E-state index in [0.717, 1.165) is 49.7 Å². The summed E-state index contributed by atoms with van der Waals surface area (Å²) < 4.78 is 21.3. The van der Waals surface area contributed by atoms with E-state index in [1.165, 1.54) is 26.0 Å². The van der Waals surface area contributed by atoms with Gasteiger partial charge >= 0.3 is 5.97 Å². The Morgan fingerprint density at radius 3 is 2.48 bits per heavy atom. The van der Waals surface area contributed by atoms with Crippen molar-refractivity contribution in [1.82, 2.24) is 4.90 Å². The van der Waals surface area contributed by atoms with Crippen molar-refractivity contribution in [2.45, 2.75) is 13.2 Å². The molecular weight excluding hydrogens is 370 g/mol. The van der Waals surface area contributed by atoms with Crippen molar-refractivity contribution in [3.63, 3.8) is 0 Å². The zero-order valence-corrected chi connectivity index (χ0v) is 16.9. The summed E-state index contributed by atoms with van der Waals surface area (Å²) in [6.45, 7) is 4.77. The Hall–Kier alpha value is -2.83. The molecule has 2 aromatic carbocycles. The lowest BCUT2D eigenvalue weighted by Gasteiger charge is -2.26. The Kier molecular flexibility index (Phi) is 7.67. The maximum atomic E-state index is 12.1. The normalized spacial score (nSPS) is 15.0.